The fourth-order valence-electron chi connectivity index (χ4n) is 3.84. The Labute approximate surface area is 167 Å². The van der Waals surface area contributed by atoms with Gasteiger partial charge in [-0.05, 0) is 48.5 Å². The van der Waals surface area contributed by atoms with Gasteiger partial charge in [-0.3, -0.25) is 0 Å². The summed E-state index contributed by atoms with van der Waals surface area (Å²) in [4.78, 5) is 7.09. The first-order valence-electron chi connectivity index (χ1n) is 9.40. The molecule has 0 radical (unpaired) electrons. The van der Waals surface area contributed by atoms with Crippen molar-refractivity contribution >= 4 is 32.4 Å². The molecule has 4 aromatic rings. The molecule has 3 heterocycles. The van der Waals surface area contributed by atoms with E-state index >= 15 is 0 Å². The lowest BCUT2D eigenvalue weighted by Crippen LogP contribution is -2.49. The van der Waals surface area contributed by atoms with Crippen molar-refractivity contribution in [1.29, 1.82) is 0 Å². The summed E-state index contributed by atoms with van der Waals surface area (Å²) in [5.74, 6) is 0.403. The summed E-state index contributed by atoms with van der Waals surface area (Å²) in [5, 5.41) is 0. The number of nitrogens with zero attached hydrogens (tertiary/aromatic N) is 4. The third-order valence-corrected chi connectivity index (χ3v) is 7.25. The summed E-state index contributed by atoms with van der Waals surface area (Å²) in [7, 11) is -3.64. The van der Waals surface area contributed by atoms with Gasteiger partial charge >= 0.3 is 0 Å². The number of fused-ring (bicyclic) bond motifs is 3. The molecule has 0 saturated carbocycles. The zero-order valence-corrected chi connectivity index (χ0v) is 16.4. The van der Waals surface area contributed by atoms with Crippen molar-refractivity contribution in [2.75, 3.05) is 31.1 Å². The van der Waals surface area contributed by atoms with Crippen LogP contribution in [0.15, 0.2) is 71.8 Å². The van der Waals surface area contributed by atoms with Crippen LogP contribution < -0.4 is 4.90 Å². The van der Waals surface area contributed by atoms with Gasteiger partial charge in [0.2, 0.25) is 10.0 Å². The highest BCUT2D eigenvalue weighted by atomic mass is 32.2. The molecule has 1 aliphatic heterocycles. The Morgan fingerprint density at radius 3 is 2.28 bits per heavy atom. The molecule has 0 bridgehead atoms. The van der Waals surface area contributed by atoms with Crippen LogP contribution in [-0.4, -0.2) is 48.3 Å². The largest absolute Gasteiger partial charge is 0.352 e. The van der Waals surface area contributed by atoms with Gasteiger partial charge in [0, 0.05) is 32.4 Å². The van der Waals surface area contributed by atoms with Gasteiger partial charge < -0.3 is 9.30 Å². The molecule has 2 aromatic carbocycles. The molecule has 0 N–H and O–H groups in total. The number of para-hydroxylation sites is 2. The van der Waals surface area contributed by atoms with E-state index in [0.717, 1.165) is 22.4 Å². The highest BCUT2D eigenvalue weighted by Crippen LogP contribution is 2.27. The second kappa shape index (κ2) is 6.82. The fourth-order valence-corrected chi connectivity index (χ4v) is 5.26. The zero-order valence-electron chi connectivity index (χ0n) is 15.6. The standard InChI is InChI=1S/C21H19FN4O2S/c22-16-7-9-17(10-8-16)29(27,28)25-14-12-24(13-15-25)21-20-6-3-11-26(20)19-5-2-1-4-18(19)23-21/h1-11H,12-15H2. The van der Waals surface area contributed by atoms with E-state index in [0.29, 0.717) is 26.2 Å². The molecular formula is C21H19FN4O2S. The second-order valence-electron chi connectivity index (χ2n) is 7.03. The van der Waals surface area contributed by atoms with Crippen molar-refractivity contribution in [3.05, 3.63) is 72.7 Å². The summed E-state index contributed by atoms with van der Waals surface area (Å²) >= 11 is 0. The van der Waals surface area contributed by atoms with Crippen LogP contribution in [0.5, 0.6) is 0 Å². The number of benzene rings is 2. The van der Waals surface area contributed by atoms with Crippen molar-refractivity contribution in [2.45, 2.75) is 4.90 Å². The first kappa shape index (κ1) is 18.1. The first-order chi connectivity index (χ1) is 14.0. The third kappa shape index (κ3) is 3.04. The Kier molecular flexibility index (Phi) is 4.25. The highest BCUT2D eigenvalue weighted by Gasteiger charge is 2.29. The van der Waals surface area contributed by atoms with Gasteiger partial charge in [0.15, 0.2) is 5.82 Å². The van der Waals surface area contributed by atoms with Gasteiger partial charge in [0.1, 0.15) is 5.82 Å². The van der Waals surface area contributed by atoms with Gasteiger partial charge in [-0.2, -0.15) is 4.31 Å². The fraction of sp³-hybridized carbons (Fsp3) is 0.190. The second-order valence-corrected chi connectivity index (χ2v) is 8.97. The van der Waals surface area contributed by atoms with Gasteiger partial charge in [-0.25, -0.2) is 17.8 Å². The molecule has 0 amide bonds. The maximum Gasteiger partial charge on any atom is 0.243 e. The van der Waals surface area contributed by atoms with Crippen LogP contribution in [0.2, 0.25) is 0 Å². The summed E-state index contributed by atoms with van der Waals surface area (Å²) in [6, 6.07) is 16.9. The lowest BCUT2D eigenvalue weighted by atomic mass is 10.2. The number of anilines is 1. The van der Waals surface area contributed by atoms with Crippen LogP contribution >= 0.6 is 0 Å². The molecule has 2 aromatic heterocycles. The van der Waals surface area contributed by atoms with E-state index in [-0.39, 0.29) is 4.90 Å². The van der Waals surface area contributed by atoms with Crippen LogP contribution in [0.25, 0.3) is 16.6 Å². The number of aromatic nitrogens is 2. The molecule has 148 valence electrons. The van der Waals surface area contributed by atoms with Crippen molar-refractivity contribution in [3.63, 3.8) is 0 Å². The quantitative estimate of drug-likeness (QED) is 0.521. The Bertz CT molecular complexity index is 1290. The number of hydrogen-bond acceptors (Lipinski definition) is 4. The first-order valence-corrected chi connectivity index (χ1v) is 10.8. The molecular weight excluding hydrogens is 391 g/mol. The Hall–Kier alpha value is -2.97. The van der Waals surface area contributed by atoms with Crippen LogP contribution in [0.4, 0.5) is 10.2 Å². The molecule has 1 fully saturated rings. The minimum atomic E-state index is -3.64. The molecule has 6 nitrogen and oxygen atoms in total. The molecule has 29 heavy (non-hydrogen) atoms. The molecule has 0 spiro atoms. The topological polar surface area (TPSA) is 57.9 Å². The Morgan fingerprint density at radius 1 is 0.828 bits per heavy atom. The minimum absolute atomic E-state index is 0.116. The third-order valence-electron chi connectivity index (χ3n) is 5.34. The lowest BCUT2D eigenvalue weighted by molar-refractivity contribution is 0.384. The van der Waals surface area contributed by atoms with Gasteiger partial charge in [-0.1, -0.05) is 12.1 Å². The molecule has 0 aliphatic carbocycles. The summed E-state index contributed by atoms with van der Waals surface area (Å²) < 4.78 is 42.4. The van der Waals surface area contributed by atoms with Crippen LogP contribution in [0.1, 0.15) is 0 Å². The van der Waals surface area contributed by atoms with Crippen LogP contribution in [0, 0.1) is 5.82 Å². The molecule has 0 atom stereocenters. The van der Waals surface area contributed by atoms with E-state index in [4.69, 9.17) is 4.98 Å². The van der Waals surface area contributed by atoms with Gasteiger partial charge in [-0.15, -0.1) is 0 Å². The van der Waals surface area contributed by atoms with E-state index in [1.807, 2.05) is 42.6 Å². The molecule has 8 heteroatoms. The molecule has 1 aliphatic rings. The monoisotopic (exact) mass is 410 g/mol. The summed E-state index contributed by atoms with van der Waals surface area (Å²) in [6.07, 6.45) is 2.01. The number of halogens is 1. The van der Waals surface area contributed by atoms with E-state index < -0.39 is 15.8 Å². The maximum atomic E-state index is 13.1. The Morgan fingerprint density at radius 2 is 1.52 bits per heavy atom. The SMILES string of the molecule is O=S(=O)(c1ccc(F)cc1)N1CCN(c2nc3ccccc3n3cccc23)CC1. The lowest BCUT2D eigenvalue weighted by Gasteiger charge is -2.35. The maximum absolute atomic E-state index is 13.1. The van der Waals surface area contributed by atoms with Crippen molar-refractivity contribution < 1.29 is 12.8 Å². The summed E-state index contributed by atoms with van der Waals surface area (Å²) in [6.45, 7) is 1.77. The predicted octanol–water partition coefficient (Wildman–Crippen LogP) is 3.14. The van der Waals surface area contributed by atoms with E-state index in [9.17, 15) is 12.8 Å². The van der Waals surface area contributed by atoms with E-state index in [1.165, 1.54) is 28.6 Å². The van der Waals surface area contributed by atoms with Crippen molar-refractivity contribution in [2.24, 2.45) is 0 Å². The van der Waals surface area contributed by atoms with Crippen molar-refractivity contribution in [3.8, 4) is 0 Å². The Balaban J connectivity index is 1.43. The molecule has 5 rings (SSSR count). The summed E-state index contributed by atoms with van der Waals surface area (Å²) in [5.41, 5.74) is 2.93. The van der Waals surface area contributed by atoms with Gasteiger partial charge in [0.05, 0.1) is 21.4 Å². The normalized spacial score (nSPS) is 16.0. The van der Waals surface area contributed by atoms with Gasteiger partial charge in [0.25, 0.3) is 0 Å². The minimum Gasteiger partial charge on any atom is -0.352 e. The average molecular weight is 410 g/mol. The van der Waals surface area contributed by atoms with Crippen LogP contribution in [0.3, 0.4) is 0 Å². The number of sulfonamides is 1. The number of hydrogen-bond donors (Lipinski definition) is 0. The zero-order chi connectivity index (χ0) is 20.0. The molecule has 0 unspecified atom stereocenters. The predicted molar refractivity (Wildman–Crippen MR) is 110 cm³/mol. The molecule has 1 saturated heterocycles. The average Bonchev–Trinajstić information content (AvgIpc) is 3.24. The van der Waals surface area contributed by atoms with Crippen LogP contribution in [-0.2, 0) is 10.0 Å². The number of rotatable bonds is 3. The van der Waals surface area contributed by atoms with E-state index in [2.05, 4.69) is 9.30 Å². The van der Waals surface area contributed by atoms with E-state index in [1.54, 1.807) is 0 Å². The highest BCUT2D eigenvalue weighted by molar-refractivity contribution is 7.89. The number of piperazine rings is 1. The van der Waals surface area contributed by atoms with Crippen molar-refractivity contribution in [1.82, 2.24) is 13.7 Å². The smallest absolute Gasteiger partial charge is 0.243 e.